The molecule has 0 aliphatic heterocycles. The summed E-state index contributed by atoms with van der Waals surface area (Å²) in [5.74, 6) is -2.26. The van der Waals surface area contributed by atoms with Crippen molar-refractivity contribution < 1.29 is 17.6 Å². The Balaban J connectivity index is 2.24. The van der Waals surface area contributed by atoms with Crippen LogP contribution in [-0.2, 0) is 6.05 Å². The molecule has 0 saturated carbocycles. The van der Waals surface area contributed by atoms with E-state index in [1.807, 2.05) is 0 Å². The van der Waals surface area contributed by atoms with Crippen LogP contribution in [0.2, 0.25) is 0 Å². The van der Waals surface area contributed by atoms with Crippen molar-refractivity contribution in [2.75, 3.05) is 5.73 Å². The Hall–Kier alpha value is -2.57. The fourth-order valence-corrected chi connectivity index (χ4v) is 2.15. The molecular formula is C14H9F4N3. The summed E-state index contributed by atoms with van der Waals surface area (Å²) in [5, 5.41) is 3.94. The number of para-hydroxylation sites is 1. The highest BCUT2D eigenvalue weighted by molar-refractivity contribution is 5.89. The molecule has 0 unspecified atom stereocenters. The topological polar surface area (TPSA) is 43.8 Å². The summed E-state index contributed by atoms with van der Waals surface area (Å²) < 4.78 is 55.7. The number of alkyl halides is 2. The van der Waals surface area contributed by atoms with E-state index in [0.29, 0.717) is 28.3 Å². The minimum Gasteiger partial charge on any atom is -0.382 e. The lowest BCUT2D eigenvalue weighted by Gasteiger charge is -2.18. The van der Waals surface area contributed by atoms with Crippen LogP contribution in [0.1, 0.15) is 5.56 Å². The number of benzene rings is 2. The number of halogens is 4. The first-order chi connectivity index (χ1) is 9.89. The number of anilines is 1. The van der Waals surface area contributed by atoms with E-state index in [1.54, 1.807) is 12.1 Å². The van der Waals surface area contributed by atoms with Crippen LogP contribution in [0, 0.1) is 11.6 Å². The van der Waals surface area contributed by atoms with Crippen molar-refractivity contribution in [2.24, 2.45) is 0 Å². The Kier molecular flexibility index (Phi) is 2.86. The summed E-state index contributed by atoms with van der Waals surface area (Å²) in [6.07, 6.45) is 0. The molecule has 0 aliphatic rings. The Bertz CT molecular complexity index is 806. The van der Waals surface area contributed by atoms with Gasteiger partial charge < -0.3 is 5.73 Å². The molecule has 2 N–H and O–H groups in total. The SMILES string of the molecule is Nc1nn(C(F)(F)c2cc(F)cc(F)c2)c2ccccc12. The molecule has 3 rings (SSSR count). The van der Waals surface area contributed by atoms with Crippen molar-refractivity contribution in [3.05, 3.63) is 59.7 Å². The third-order valence-corrected chi connectivity index (χ3v) is 3.09. The molecule has 3 nitrogen and oxygen atoms in total. The molecule has 3 aromatic rings. The van der Waals surface area contributed by atoms with Gasteiger partial charge in [0.1, 0.15) is 11.6 Å². The molecule has 0 bridgehead atoms. The van der Waals surface area contributed by atoms with Crippen molar-refractivity contribution in [2.45, 2.75) is 6.05 Å². The Morgan fingerprint density at radius 1 is 1.00 bits per heavy atom. The van der Waals surface area contributed by atoms with Gasteiger partial charge in [-0.2, -0.15) is 13.5 Å². The van der Waals surface area contributed by atoms with Gasteiger partial charge in [0.05, 0.1) is 11.1 Å². The zero-order valence-electron chi connectivity index (χ0n) is 10.5. The Morgan fingerprint density at radius 2 is 1.62 bits per heavy atom. The third kappa shape index (κ3) is 2.10. The summed E-state index contributed by atoms with van der Waals surface area (Å²) in [6.45, 7) is 0. The first-order valence-corrected chi connectivity index (χ1v) is 5.97. The molecule has 2 aromatic carbocycles. The fraction of sp³-hybridized carbons (Fsp3) is 0.0714. The first kappa shape index (κ1) is 13.4. The second-order valence-corrected chi connectivity index (χ2v) is 4.51. The monoisotopic (exact) mass is 295 g/mol. The lowest BCUT2D eigenvalue weighted by atomic mass is 10.1. The molecule has 0 amide bonds. The minimum atomic E-state index is -3.74. The van der Waals surface area contributed by atoms with E-state index in [2.05, 4.69) is 5.10 Å². The van der Waals surface area contributed by atoms with Crippen LogP contribution in [0.4, 0.5) is 23.4 Å². The van der Waals surface area contributed by atoms with Gasteiger partial charge in [0, 0.05) is 11.5 Å². The fourth-order valence-electron chi connectivity index (χ4n) is 2.15. The van der Waals surface area contributed by atoms with Crippen molar-refractivity contribution in [1.29, 1.82) is 0 Å². The molecule has 0 aliphatic carbocycles. The highest BCUT2D eigenvalue weighted by atomic mass is 19.3. The van der Waals surface area contributed by atoms with Gasteiger partial charge in [0.2, 0.25) is 0 Å². The summed E-state index contributed by atoms with van der Waals surface area (Å²) in [4.78, 5) is 0. The first-order valence-electron chi connectivity index (χ1n) is 5.97. The highest BCUT2D eigenvalue weighted by Crippen LogP contribution is 2.35. The van der Waals surface area contributed by atoms with Gasteiger partial charge in [0.25, 0.3) is 0 Å². The molecule has 0 fully saturated rings. The minimum absolute atomic E-state index is 0.0738. The van der Waals surface area contributed by atoms with Crippen LogP contribution >= 0.6 is 0 Å². The third-order valence-electron chi connectivity index (χ3n) is 3.09. The summed E-state index contributed by atoms with van der Waals surface area (Å²) in [7, 11) is 0. The molecule has 0 radical (unpaired) electrons. The molecule has 1 heterocycles. The maximum atomic E-state index is 14.5. The lowest BCUT2D eigenvalue weighted by molar-refractivity contribution is -0.0440. The standard InChI is InChI=1S/C14H9F4N3/c15-9-5-8(6-10(16)7-9)14(17,18)21-12-4-2-1-3-11(12)13(19)20-21/h1-7H,(H2,19,20). The molecular weight excluding hydrogens is 286 g/mol. The number of hydrogen-bond donors (Lipinski definition) is 1. The highest BCUT2D eigenvalue weighted by Gasteiger charge is 2.37. The Morgan fingerprint density at radius 3 is 2.29 bits per heavy atom. The second kappa shape index (κ2) is 4.47. The smallest absolute Gasteiger partial charge is 0.371 e. The average Bonchev–Trinajstić information content (AvgIpc) is 2.76. The van der Waals surface area contributed by atoms with Crippen molar-refractivity contribution >= 4 is 16.7 Å². The largest absolute Gasteiger partial charge is 0.382 e. The number of nitrogens with two attached hydrogens (primary N) is 1. The van der Waals surface area contributed by atoms with Gasteiger partial charge in [-0.25, -0.2) is 8.78 Å². The number of aromatic nitrogens is 2. The molecule has 0 saturated heterocycles. The zero-order valence-corrected chi connectivity index (χ0v) is 10.5. The summed E-state index contributed by atoms with van der Waals surface area (Å²) >= 11 is 0. The molecule has 0 spiro atoms. The van der Waals surface area contributed by atoms with E-state index in [4.69, 9.17) is 5.73 Å². The molecule has 108 valence electrons. The molecule has 1 aromatic heterocycles. The quantitative estimate of drug-likeness (QED) is 0.735. The van der Waals surface area contributed by atoms with Crippen LogP contribution < -0.4 is 5.73 Å². The maximum absolute atomic E-state index is 14.5. The number of hydrogen-bond acceptors (Lipinski definition) is 2. The lowest BCUT2D eigenvalue weighted by Crippen LogP contribution is -2.26. The Labute approximate surface area is 116 Å². The van der Waals surface area contributed by atoms with Gasteiger partial charge in [-0.1, -0.05) is 12.1 Å². The number of rotatable bonds is 2. The van der Waals surface area contributed by atoms with Crippen molar-refractivity contribution in [3.8, 4) is 0 Å². The summed E-state index contributed by atoms with van der Waals surface area (Å²) in [6, 6.07) is 4.03. The van der Waals surface area contributed by atoms with Gasteiger partial charge in [-0.3, -0.25) is 0 Å². The van der Waals surface area contributed by atoms with E-state index >= 15 is 0 Å². The van der Waals surface area contributed by atoms with Gasteiger partial charge in [-0.15, -0.1) is 5.10 Å². The van der Waals surface area contributed by atoms with Gasteiger partial charge in [-0.05, 0) is 24.3 Å². The van der Waals surface area contributed by atoms with E-state index < -0.39 is 23.2 Å². The van der Waals surface area contributed by atoms with Crippen LogP contribution in [0.25, 0.3) is 10.9 Å². The van der Waals surface area contributed by atoms with Gasteiger partial charge in [0.15, 0.2) is 5.82 Å². The van der Waals surface area contributed by atoms with E-state index in [9.17, 15) is 17.6 Å². The van der Waals surface area contributed by atoms with Crippen LogP contribution in [0.3, 0.4) is 0 Å². The molecule has 0 atom stereocenters. The van der Waals surface area contributed by atoms with E-state index in [-0.39, 0.29) is 11.3 Å². The van der Waals surface area contributed by atoms with Crippen LogP contribution in [-0.4, -0.2) is 9.78 Å². The summed E-state index contributed by atoms with van der Waals surface area (Å²) in [5.41, 5.74) is 4.83. The van der Waals surface area contributed by atoms with Crippen LogP contribution in [0.5, 0.6) is 0 Å². The normalized spacial score (nSPS) is 12.0. The number of nitrogens with zero attached hydrogens (tertiary/aromatic N) is 2. The predicted octanol–water partition coefficient (Wildman–Crippen LogP) is 3.49. The van der Waals surface area contributed by atoms with Gasteiger partial charge >= 0.3 is 6.05 Å². The number of fused-ring (bicyclic) bond motifs is 1. The average molecular weight is 295 g/mol. The van der Waals surface area contributed by atoms with Crippen molar-refractivity contribution in [3.63, 3.8) is 0 Å². The van der Waals surface area contributed by atoms with E-state index in [0.717, 1.165) is 0 Å². The second-order valence-electron chi connectivity index (χ2n) is 4.51. The van der Waals surface area contributed by atoms with E-state index in [1.165, 1.54) is 12.1 Å². The number of nitrogen functional groups attached to an aromatic ring is 1. The zero-order chi connectivity index (χ0) is 15.2. The maximum Gasteiger partial charge on any atom is 0.371 e. The predicted molar refractivity (Wildman–Crippen MR) is 69.8 cm³/mol. The van der Waals surface area contributed by atoms with Crippen LogP contribution in [0.15, 0.2) is 42.5 Å². The molecule has 21 heavy (non-hydrogen) atoms. The van der Waals surface area contributed by atoms with Crippen molar-refractivity contribution in [1.82, 2.24) is 9.78 Å². The molecule has 7 heteroatoms.